The third kappa shape index (κ3) is 9.58. The van der Waals surface area contributed by atoms with Gasteiger partial charge in [0, 0.05) is 43.9 Å². The van der Waals surface area contributed by atoms with Crippen molar-refractivity contribution in [2.75, 3.05) is 19.7 Å². The van der Waals surface area contributed by atoms with E-state index >= 15 is 4.39 Å². The van der Waals surface area contributed by atoms with Crippen molar-refractivity contribution < 1.29 is 33.0 Å². The van der Waals surface area contributed by atoms with Gasteiger partial charge in [0.15, 0.2) is 6.10 Å². The Kier molecular flexibility index (Phi) is 12.2. The molecule has 0 bridgehead atoms. The van der Waals surface area contributed by atoms with E-state index in [1.54, 1.807) is 10.8 Å². The molecule has 0 spiro atoms. The Labute approximate surface area is 274 Å². The number of aliphatic hydroxyl groups is 1. The van der Waals surface area contributed by atoms with E-state index in [4.69, 9.17) is 21.2 Å². The average molecular weight is 657 g/mol. The largest absolute Gasteiger partial charge is 0.436 e. The van der Waals surface area contributed by atoms with E-state index in [0.29, 0.717) is 5.82 Å². The Balaban J connectivity index is 2.31. The number of imidazole rings is 1. The van der Waals surface area contributed by atoms with E-state index in [2.05, 4.69) is 5.32 Å². The van der Waals surface area contributed by atoms with Crippen molar-refractivity contribution in [2.45, 2.75) is 72.7 Å². The normalized spacial score (nSPS) is 13.8. The first-order chi connectivity index (χ1) is 22.0. The van der Waals surface area contributed by atoms with E-state index in [1.165, 1.54) is 4.90 Å². The van der Waals surface area contributed by atoms with Gasteiger partial charge in [-0.25, -0.2) is 18.6 Å². The van der Waals surface area contributed by atoms with Crippen LogP contribution in [0.3, 0.4) is 0 Å². The summed E-state index contributed by atoms with van der Waals surface area (Å²) in [5, 5.41) is 12.9. The zero-order valence-corrected chi connectivity index (χ0v) is 27.8. The lowest BCUT2D eigenvalue weighted by Gasteiger charge is -2.48. The zero-order chi connectivity index (χ0) is 35.1. The Bertz CT molecular complexity index is 1530. The molecule has 6 N–H and O–H groups in total. The van der Waals surface area contributed by atoms with Crippen LogP contribution in [0.15, 0.2) is 54.7 Å². The smallest absolute Gasteiger partial charge is 0.405 e. The topological polar surface area (TPSA) is 166 Å². The summed E-state index contributed by atoms with van der Waals surface area (Å²) in [6.07, 6.45) is -1.17. The second-order valence-corrected chi connectivity index (χ2v) is 13.6. The molecule has 0 aliphatic heterocycles. The summed E-state index contributed by atoms with van der Waals surface area (Å²) < 4.78 is 36.4. The highest BCUT2D eigenvalue weighted by atomic mass is 19.1. The van der Waals surface area contributed by atoms with Crippen molar-refractivity contribution in [3.05, 3.63) is 77.8 Å². The van der Waals surface area contributed by atoms with Gasteiger partial charge in [0.25, 0.3) is 5.91 Å². The molecule has 11 nitrogen and oxygen atoms in total. The third-order valence-corrected chi connectivity index (χ3v) is 7.74. The van der Waals surface area contributed by atoms with Crippen molar-refractivity contribution in [3.8, 4) is 11.3 Å². The summed E-state index contributed by atoms with van der Waals surface area (Å²) >= 11 is 0. The molecule has 0 aliphatic rings. The maximum Gasteiger partial charge on any atom is 0.405 e. The monoisotopic (exact) mass is 656 g/mol. The minimum atomic E-state index is -1.40. The highest BCUT2D eigenvalue weighted by Crippen LogP contribution is 2.44. The summed E-state index contributed by atoms with van der Waals surface area (Å²) in [5.74, 6) is -2.33. The summed E-state index contributed by atoms with van der Waals surface area (Å²) in [4.78, 5) is 45.3. The molecule has 0 fully saturated rings. The number of aromatic nitrogens is 2. The minimum absolute atomic E-state index is 0.0652. The zero-order valence-electron chi connectivity index (χ0n) is 27.8. The fourth-order valence-electron chi connectivity index (χ4n) is 5.63. The van der Waals surface area contributed by atoms with Gasteiger partial charge in [-0.15, -0.1) is 0 Å². The van der Waals surface area contributed by atoms with Gasteiger partial charge in [0.05, 0.1) is 11.7 Å². The molecule has 1 unspecified atom stereocenters. The van der Waals surface area contributed by atoms with Crippen LogP contribution in [0, 0.1) is 22.5 Å². The summed E-state index contributed by atoms with van der Waals surface area (Å²) in [7, 11) is 0. The van der Waals surface area contributed by atoms with Crippen LogP contribution in [-0.4, -0.2) is 69.3 Å². The lowest BCUT2D eigenvalue weighted by molar-refractivity contribution is -0.150. The fourth-order valence-corrected chi connectivity index (χ4v) is 5.63. The van der Waals surface area contributed by atoms with E-state index in [0.717, 1.165) is 23.8 Å². The van der Waals surface area contributed by atoms with Gasteiger partial charge >= 0.3 is 6.09 Å². The lowest BCUT2D eigenvalue weighted by Crippen LogP contribution is -2.56. The molecule has 47 heavy (non-hydrogen) atoms. The average Bonchev–Trinajstić information content (AvgIpc) is 3.39. The number of amides is 3. The maximum absolute atomic E-state index is 15.1. The van der Waals surface area contributed by atoms with Gasteiger partial charge in [-0.2, -0.15) is 0 Å². The maximum atomic E-state index is 15.1. The quantitative estimate of drug-likeness (QED) is 0.215. The predicted molar refractivity (Wildman–Crippen MR) is 174 cm³/mol. The molecular formula is C34H46F2N6O5. The Morgan fingerprint density at radius 1 is 1.04 bits per heavy atom. The minimum Gasteiger partial charge on any atom is -0.436 e. The molecule has 1 heterocycles. The van der Waals surface area contributed by atoms with Crippen molar-refractivity contribution in [3.63, 3.8) is 0 Å². The van der Waals surface area contributed by atoms with Crippen molar-refractivity contribution in [1.82, 2.24) is 19.8 Å². The second-order valence-electron chi connectivity index (χ2n) is 13.6. The second kappa shape index (κ2) is 15.5. The number of ether oxygens (including phenoxy) is 1. The first-order valence-corrected chi connectivity index (χ1v) is 15.4. The van der Waals surface area contributed by atoms with Crippen LogP contribution in [0.25, 0.3) is 11.3 Å². The Morgan fingerprint density at radius 3 is 2.26 bits per heavy atom. The summed E-state index contributed by atoms with van der Waals surface area (Å²) in [6.45, 7) is 10.8. The number of halogens is 2. The molecule has 13 heteroatoms. The number of rotatable bonds is 13. The van der Waals surface area contributed by atoms with Crippen LogP contribution in [0.4, 0.5) is 13.6 Å². The van der Waals surface area contributed by atoms with E-state index in [1.807, 2.05) is 71.9 Å². The van der Waals surface area contributed by atoms with Gasteiger partial charge in [-0.1, -0.05) is 71.9 Å². The molecule has 3 rings (SSSR count). The molecular weight excluding hydrogens is 610 g/mol. The molecule has 1 aromatic heterocycles. The fraction of sp³-hybridized carbons (Fsp3) is 0.471. The van der Waals surface area contributed by atoms with Gasteiger partial charge in [0.2, 0.25) is 5.91 Å². The molecule has 3 atom stereocenters. The molecule has 0 aliphatic carbocycles. The van der Waals surface area contributed by atoms with Crippen LogP contribution < -0.4 is 16.8 Å². The highest BCUT2D eigenvalue weighted by molar-refractivity contribution is 5.83. The summed E-state index contributed by atoms with van der Waals surface area (Å²) in [6, 6.07) is 10.7. The van der Waals surface area contributed by atoms with Crippen molar-refractivity contribution in [2.24, 2.45) is 22.3 Å². The van der Waals surface area contributed by atoms with Crippen LogP contribution >= 0.6 is 0 Å². The van der Waals surface area contributed by atoms with Crippen LogP contribution in [0.5, 0.6) is 0 Å². The summed E-state index contributed by atoms with van der Waals surface area (Å²) in [5.41, 5.74) is 10.3. The number of aliphatic hydroxyl groups excluding tert-OH is 1. The number of carbonyl (C=O) groups excluding carboxylic acids is 3. The number of primary amides is 1. The first kappa shape index (κ1) is 37.1. The Morgan fingerprint density at radius 2 is 1.70 bits per heavy atom. The SMILES string of the molecule is CC(C)(C)C(C[C@H](OC(N)=O)C(=O)NCCN)N(C(=O)CO)[C@@H](c1nc(-c2cc(F)ccc2F)cn1Cc1ccccc1)C(C)(C)C. The van der Waals surface area contributed by atoms with E-state index < -0.39 is 65.2 Å². The molecule has 3 amide bonds. The van der Waals surface area contributed by atoms with E-state index in [-0.39, 0.29) is 37.3 Å². The standard InChI is InChI=1S/C34H46F2N6O5/c1-33(2,3)27(17-26(47-32(38)46)31(45)39-15-14-37)42(28(44)20-43)29(34(4,5)6)30-40-25(23-16-22(35)12-13-24(23)36)19-41(30)18-21-10-8-7-9-11-21/h7-13,16,19,26-27,29,43H,14-15,17-18,20,37H2,1-6H3,(H2,38,46)(H,39,45)/t26-,27?,29-/m0/s1. The number of nitrogens with two attached hydrogens (primary N) is 2. The molecule has 0 saturated heterocycles. The number of nitrogens with one attached hydrogen (secondary N) is 1. The van der Waals surface area contributed by atoms with E-state index in [9.17, 15) is 23.9 Å². The molecule has 256 valence electrons. The number of hydrogen-bond donors (Lipinski definition) is 4. The van der Waals surface area contributed by atoms with Gasteiger partial charge < -0.3 is 36.1 Å². The number of carbonyl (C=O) groups is 3. The van der Waals surface area contributed by atoms with Crippen LogP contribution in [0.2, 0.25) is 0 Å². The highest BCUT2D eigenvalue weighted by Gasteiger charge is 2.46. The van der Waals surface area contributed by atoms with Gasteiger partial charge in [0.1, 0.15) is 24.1 Å². The Hall–Kier alpha value is -4.36. The predicted octanol–water partition coefficient (Wildman–Crippen LogP) is 4.13. The van der Waals surface area contributed by atoms with Crippen molar-refractivity contribution >= 4 is 17.9 Å². The molecule has 3 aromatic rings. The lowest BCUT2D eigenvalue weighted by atomic mass is 9.77. The molecule has 0 radical (unpaired) electrons. The first-order valence-electron chi connectivity index (χ1n) is 15.4. The number of benzene rings is 2. The van der Waals surface area contributed by atoms with Gasteiger partial charge in [-0.3, -0.25) is 9.59 Å². The van der Waals surface area contributed by atoms with Gasteiger partial charge in [-0.05, 0) is 34.6 Å². The third-order valence-electron chi connectivity index (χ3n) is 7.74. The molecule has 2 aromatic carbocycles. The number of nitrogens with zero attached hydrogens (tertiary/aromatic N) is 3. The molecule has 0 saturated carbocycles. The number of hydrogen-bond acceptors (Lipinski definition) is 7. The van der Waals surface area contributed by atoms with Crippen LogP contribution in [0.1, 0.15) is 65.4 Å². The van der Waals surface area contributed by atoms with Crippen molar-refractivity contribution in [1.29, 1.82) is 0 Å². The van der Waals surface area contributed by atoms with Crippen LogP contribution in [-0.2, 0) is 20.9 Å².